The van der Waals surface area contributed by atoms with E-state index in [4.69, 9.17) is 4.74 Å². The zero-order valence-corrected chi connectivity index (χ0v) is 12.4. The van der Waals surface area contributed by atoms with Gasteiger partial charge in [-0.15, -0.1) is 11.3 Å². The van der Waals surface area contributed by atoms with Crippen molar-refractivity contribution in [3.05, 3.63) is 41.4 Å². The van der Waals surface area contributed by atoms with Gasteiger partial charge in [-0.05, 0) is 0 Å². The molecule has 1 aromatic heterocycles. The quantitative estimate of drug-likeness (QED) is 0.897. The van der Waals surface area contributed by atoms with Crippen LogP contribution in [0.1, 0.15) is 16.1 Å². The van der Waals surface area contributed by atoms with Gasteiger partial charge in [0.05, 0.1) is 12.8 Å². The summed E-state index contributed by atoms with van der Waals surface area (Å²) < 4.78 is 5.13. The highest BCUT2D eigenvalue weighted by Crippen LogP contribution is 2.26. The van der Waals surface area contributed by atoms with Crippen LogP contribution in [-0.4, -0.2) is 40.7 Å². The average molecular weight is 318 g/mol. The van der Waals surface area contributed by atoms with Crippen LogP contribution >= 0.6 is 11.3 Å². The Labute approximate surface area is 130 Å². The summed E-state index contributed by atoms with van der Waals surface area (Å²) in [6.45, 7) is 0.308. The first-order chi connectivity index (χ1) is 10.6. The molecule has 114 valence electrons. The molecule has 1 saturated heterocycles. The van der Waals surface area contributed by atoms with Gasteiger partial charge in [0.25, 0.3) is 5.91 Å². The number of hydrogen-bond acceptors (Lipinski definition) is 5. The lowest BCUT2D eigenvalue weighted by Crippen LogP contribution is -2.55. The number of carboxylic acids is 1. The van der Waals surface area contributed by atoms with Crippen LogP contribution in [0.25, 0.3) is 10.6 Å². The second-order valence-electron chi connectivity index (χ2n) is 5.04. The zero-order chi connectivity index (χ0) is 15.6. The van der Waals surface area contributed by atoms with Crippen molar-refractivity contribution >= 4 is 23.2 Å². The minimum absolute atomic E-state index is 0.0155. The smallest absolute Gasteiger partial charge is 0.331 e. The van der Waals surface area contributed by atoms with Crippen LogP contribution in [0.3, 0.4) is 0 Å². The van der Waals surface area contributed by atoms with E-state index in [0.717, 1.165) is 10.6 Å². The number of benzene rings is 1. The molecule has 1 aliphatic rings. The van der Waals surface area contributed by atoms with E-state index in [1.165, 1.54) is 17.5 Å². The van der Waals surface area contributed by atoms with Gasteiger partial charge in [0.15, 0.2) is 5.54 Å². The van der Waals surface area contributed by atoms with Gasteiger partial charge in [-0.2, -0.15) is 0 Å². The molecule has 1 fully saturated rings. The van der Waals surface area contributed by atoms with Crippen LogP contribution in [0.15, 0.2) is 36.5 Å². The molecular weight excluding hydrogens is 304 g/mol. The summed E-state index contributed by atoms with van der Waals surface area (Å²) in [5.74, 6) is -1.52. The van der Waals surface area contributed by atoms with Gasteiger partial charge >= 0.3 is 5.97 Å². The molecule has 2 N–H and O–H groups in total. The molecule has 7 heteroatoms. The van der Waals surface area contributed by atoms with Crippen molar-refractivity contribution in [2.75, 3.05) is 13.2 Å². The molecule has 1 amide bonds. The predicted molar refractivity (Wildman–Crippen MR) is 80.8 cm³/mol. The Bertz CT molecular complexity index is 693. The van der Waals surface area contributed by atoms with E-state index >= 15 is 0 Å². The Morgan fingerprint density at radius 1 is 1.32 bits per heavy atom. The number of thiazole rings is 1. The number of carboxylic acid groups (broad SMARTS) is 1. The molecule has 0 radical (unpaired) electrons. The van der Waals surface area contributed by atoms with Crippen LogP contribution in [0, 0.1) is 0 Å². The molecule has 2 heterocycles. The van der Waals surface area contributed by atoms with Crippen molar-refractivity contribution in [1.29, 1.82) is 0 Å². The lowest BCUT2D eigenvalue weighted by molar-refractivity contribution is -0.144. The Morgan fingerprint density at radius 2 is 2.09 bits per heavy atom. The highest BCUT2D eigenvalue weighted by Gasteiger charge is 2.44. The monoisotopic (exact) mass is 318 g/mol. The van der Waals surface area contributed by atoms with Crippen molar-refractivity contribution in [2.45, 2.75) is 12.0 Å². The van der Waals surface area contributed by atoms with Gasteiger partial charge in [-0.1, -0.05) is 30.3 Å². The fourth-order valence-corrected chi connectivity index (χ4v) is 3.07. The maximum atomic E-state index is 12.3. The Balaban J connectivity index is 1.79. The SMILES string of the molecule is O=C(NC1(C(=O)O)CCOC1)c1cnc(-c2ccccc2)s1. The number of aromatic nitrogens is 1. The van der Waals surface area contributed by atoms with Crippen LogP contribution in [-0.2, 0) is 9.53 Å². The second-order valence-corrected chi connectivity index (χ2v) is 6.07. The standard InChI is InChI=1S/C15H14N2O4S/c18-12(17-15(14(19)20)6-7-21-9-15)11-8-16-13(22-11)10-4-2-1-3-5-10/h1-5,8H,6-7,9H2,(H,17,18)(H,19,20). The molecule has 1 aliphatic heterocycles. The molecule has 1 atom stereocenters. The molecule has 0 bridgehead atoms. The summed E-state index contributed by atoms with van der Waals surface area (Å²) in [5, 5.41) is 12.6. The third-order valence-corrected chi connectivity index (χ3v) is 4.58. The number of carbonyl (C=O) groups excluding carboxylic acids is 1. The molecule has 1 unspecified atom stereocenters. The van der Waals surface area contributed by atoms with E-state index in [1.807, 2.05) is 30.3 Å². The molecule has 22 heavy (non-hydrogen) atoms. The Morgan fingerprint density at radius 3 is 2.73 bits per heavy atom. The fraction of sp³-hybridized carbons (Fsp3) is 0.267. The van der Waals surface area contributed by atoms with Crippen LogP contribution in [0.5, 0.6) is 0 Å². The molecule has 0 spiro atoms. The summed E-state index contributed by atoms with van der Waals surface area (Å²) in [6, 6.07) is 9.51. The minimum Gasteiger partial charge on any atom is -0.479 e. The third-order valence-electron chi connectivity index (χ3n) is 3.53. The first-order valence-corrected chi connectivity index (χ1v) is 7.57. The Hall–Kier alpha value is -2.25. The fourth-order valence-electron chi connectivity index (χ4n) is 2.26. The van der Waals surface area contributed by atoms with Gasteiger partial charge in [-0.3, -0.25) is 4.79 Å². The number of nitrogens with one attached hydrogen (secondary N) is 1. The molecule has 1 aromatic carbocycles. The van der Waals surface area contributed by atoms with Gasteiger partial charge < -0.3 is 15.2 Å². The molecular formula is C15H14N2O4S. The highest BCUT2D eigenvalue weighted by atomic mass is 32.1. The third kappa shape index (κ3) is 2.72. The normalized spacial score (nSPS) is 20.7. The van der Waals surface area contributed by atoms with Crippen molar-refractivity contribution in [2.24, 2.45) is 0 Å². The van der Waals surface area contributed by atoms with E-state index < -0.39 is 17.4 Å². The number of ether oxygens (including phenoxy) is 1. The van der Waals surface area contributed by atoms with Gasteiger partial charge in [0.1, 0.15) is 9.88 Å². The minimum atomic E-state index is -1.34. The number of nitrogens with zero attached hydrogens (tertiary/aromatic N) is 1. The number of carbonyl (C=O) groups is 2. The summed E-state index contributed by atoms with van der Waals surface area (Å²) in [6.07, 6.45) is 1.73. The van der Waals surface area contributed by atoms with E-state index in [9.17, 15) is 14.7 Å². The zero-order valence-electron chi connectivity index (χ0n) is 11.6. The van der Waals surface area contributed by atoms with E-state index in [0.29, 0.717) is 11.5 Å². The topological polar surface area (TPSA) is 88.5 Å². The average Bonchev–Trinajstić information content (AvgIpc) is 3.18. The summed E-state index contributed by atoms with van der Waals surface area (Å²) >= 11 is 1.23. The van der Waals surface area contributed by atoms with Crippen LogP contribution in [0.4, 0.5) is 0 Å². The maximum Gasteiger partial charge on any atom is 0.331 e. The maximum absolute atomic E-state index is 12.3. The summed E-state index contributed by atoms with van der Waals surface area (Å²) in [4.78, 5) is 28.3. The predicted octanol–water partition coefficient (Wildman–Crippen LogP) is 1.78. The van der Waals surface area contributed by atoms with E-state index in [-0.39, 0.29) is 13.0 Å². The van der Waals surface area contributed by atoms with Crippen LogP contribution in [0.2, 0.25) is 0 Å². The molecule has 2 aromatic rings. The van der Waals surface area contributed by atoms with Crippen molar-refractivity contribution < 1.29 is 19.4 Å². The second kappa shape index (κ2) is 5.86. The summed E-state index contributed by atoms with van der Waals surface area (Å²) in [5.41, 5.74) is -0.419. The van der Waals surface area contributed by atoms with Gasteiger partial charge in [0.2, 0.25) is 0 Å². The van der Waals surface area contributed by atoms with E-state index in [1.54, 1.807) is 0 Å². The highest BCUT2D eigenvalue weighted by molar-refractivity contribution is 7.16. The lowest BCUT2D eigenvalue weighted by Gasteiger charge is -2.23. The first-order valence-electron chi connectivity index (χ1n) is 6.76. The number of aliphatic carboxylic acids is 1. The van der Waals surface area contributed by atoms with Crippen molar-refractivity contribution in [3.8, 4) is 10.6 Å². The van der Waals surface area contributed by atoms with Crippen molar-refractivity contribution in [3.63, 3.8) is 0 Å². The largest absolute Gasteiger partial charge is 0.479 e. The Kier molecular flexibility index (Phi) is 3.91. The molecule has 0 saturated carbocycles. The van der Waals surface area contributed by atoms with Crippen LogP contribution < -0.4 is 5.32 Å². The lowest BCUT2D eigenvalue weighted by atomic mass is 9.99. The summed E-state index contributed by atoms with van der Waals surface area (Å²) in [7, 11) is 0. The molecule has 6 nitrogen and oxygen atoms in total. The number of rotatable bonds is 4. The molecule has 3 rings (SSSR count). The molecule has 0 aliphatic carbocycles. The van der Waals surface area contributed by atoms with Gasteiger partial charge in [0, 0.05) is 18.6 Å². The number of hydrogen-bond donors (Lipinski definition) is 2. The first kappa shape index (κ1) is 14.7. The van der Waals surface area contributed by atoms with E-state index in [2.05, 4.69) is 10.3 Å². The van der Waals surface area contributed by atoms with Crippen molar-refractivity contribution in [1.82, 2.24) is 10.3 Å². The van der Waals surface area contributed by atoms with Gasteiger partial charge in [-0.25, -0.2) is 9.78 Å². The number of amides is 1.